The van der Waals surface area contributed by atoms with Gasteiger partial charge in [0.05, 0.1) is 12.7 Å². The van der Waals surface area contributed by atoms with Gasteiger partial charge in [0.1, 0.15) is 0 Å². The monoisotopic (exact) mass is 491 g/mol. The summed E-state index contributed by atoms with van der Waals surface area (Å²) >= 11 is 2.16. The van der Waals surface area contributed by atoms with Crippen molar-refractivity contribution in [3.8, 4) is 11.5 Å². The average Bonchev–Trinajstić information content (AvgIpc) is 2.62. The van der Waals surface area contributed by atoms with Crippen LogP contribution in [0.15, 0.2) is 36.4 Å². The second-order valence-electron chi connectivity index (χ2n) is 5.33. The molecule has 2 aromatic rings. The first-order valence-electron chi connectivity index (χ1n) is 7.66. The SMILES string of the molecule is COc1cc(C(=O)OCC(=O)Nc2ccc(I)cc2C)ccc1OC(F)F. The Morgan fingerprint density at radius 2 is 1.89 bits per heavy atom. The predicted molar refractivity (Wildman–Crippen MR) is 102 cm³/mol. The van der Waals surface area contributed by atoms with Crippen LogP contribution in [-0.2, 0) is 9.53 Å². The molecule has 27 heavy (non-hydrogen) atoms. The van der Waals surface area contributed by atoms with Gasteiger partial charge in [-0.25, -0.2) is 4.79 Å². The van der Waals surface area contributed by atoms with Gasteiger partial charge in [0.25, 0.3) is 5.91 Å². The molecule has 0 atom stereocenters. The summed E-state index contributed by atoms with van der Waals surface area (Å²) in [5, 5.41) is 2.65. The molecule has 0 fully saturated rings. The Morgan fingerprint density at radius 3 is 2.52 bits per heavy atom. The van der Waals surface area contributed by atoms with Crippen molar-refractivity contribution in [1.82, 2.24) is 0 Å². The molecular formula is C18H16F2INO5. The highest BCUT2D eigenvalue weighted by molar-refractivity contribution is 14.1. The zero-order chi connectivity index (χ0) is 20.0. The molecule has 0 unspecified atom stereocenters. The number of halogens is 3. The van der Waals surface area contributed by atoms with Crippen molar-refractivity contribution >= 4 is 40.2 Å². The number of benzene rings is 2. The highest BCUT2D eigenvalue weighted by Crippen LogP contribution is 2.29. The molecule has 0 aliphatic carbocycles. The Hall–Kier alpha value is -2.43. The number of hydrogen-bond donors (Lipinski definition) is 1. The molecule has 0 heterocycles. The molecule has 0 radical (unpaired) electrons. The summed E-state index contributed by atoms with van der Waals surface area (Å²) in [7, 11) is 1.25. The summed E-state index contributed by atoms with van der Waals surface area (Å²) in [6.07, 6.45) is 0. The molecule has 0 aliphatic rings. The lowest BCUT2D eigenvalue weighted by atomic mass is 10.2. The van der Waals surface area contributed by atoms with Crippen LogP contribution in [0.4, 0.5) is 14.5 Å². The number of alkyl halides is 2. The van der Waals surface area contributed by atoms with E-state index in [0.29, 0.717) is 5.69 Å². The van der Waals surface area contributed by atoms with Gasteiger partial charge < -0.3 is 19.5 Å². The number of anilines is 1. The Balaban J connectivity index is 1.97. The van der Waals surface area contributed by atoms with E-state index < -0.39 is 25.1 Å². The van der Waals surface area contributed by atoms with Gasteiger partial charge in [-0.1, -0.05) is 0 Å². The quantitative estimate of drug-likeness (QED) is 0.469. The molecule has 2 aromatic carbocycles. The van der Waals surface area contributed by atoms with Gasteiger partial charge in [0, 0.05) is 9.26 Å². The fourth-order valence-corrected chi connectivity index (χ4v) is 2.80. The fraction of sp³-hybridized carbons (Fsp3) is 0.222. The fourth-order valence-electron chi connectivity index (χ4n) is 2.16. The van der Waals surface area contributed by atoms with Crippen molar-refractivity contribution in [2.24, 2.45) is 0 Å². The lowest BCUT2D eigenvalue weighted by Crippen LogP contribution is -2.21. The second-order valence-corrected chi connectivity index (χ2v) is 6.57. The lowest BCUT2D eigenvalue weighted by molar-refractivity contribution is -0.119. The summed E-state index contributed by atoms with van der Waals surface area (Å²) in [6.45, 7) is -1.67. The van der Waals surface area contributed by atoms with Gasteiger partial charge >= 0.3 is 12.6 Å². The molecule has 6 nitrogen and oxygen atoms in total. The number of esters is 1. The summed E-state index contributed by atoms with van der Waals surface area (Å²) in [6, 6.07) is 9.09. The van der Waals surface area contributed by atoms with E-state index in [-0.39, 0.29) is 17.1 Å². The van der Waals surface area contributed by atoms with E-state index in [0.717, 1.165) is 15.2 Å². The Labute approximate surface area is 167 Å². The zero-order valence-corrected chi connectivity index (χ0v) is 16.6. The number of methoxy groups -OCH3 is 1. The standard InChI is InChI=1S/C18H16F2INO5/c1-10-7-12(21)4-5-13(10)22-16(23)9-26-17(24)11-3-6-14(27-18(19)20)15(8-11)25-2/h3-8,18H,9H2,1-2H3,(H,22,23). The van der Waals surface area contributed by atoms with E-state index in [2.05, 4.69) is 32.6 Å². The molecule has 9 heteroatoms. The summed E-state index contributed by atoms with van der Waals surface area (Å²) in [5.41, 5.74) is 1.53. The normalized spacial score (nSPS) is 10.4. The van der Waals surface area contributed by atoms with E-state index in [1.807, 2.05) is 19.1 Å². The predicted octanol–water partition coefficient (Wildman–Crippen LogP) is 4.01. The van der Waals surface area contributed by atoms with Crippen LogP contribution in [0.3, 0.4) is 0 Å². The van der Waals surface area contributed by atoms with Crippen LogP contribution >= 0.6 is 22.6 Å². The summed E-state index contributed by atoms with van der Waals surface area (Å²) in [5.74, 6) is -1.57. The van der Waals surface area contributed by atoms with Crippen molar-refractivity contribution in [3.63, 3.8) is 0 Å². The van der Waals surface area contributed by atoms with Gasteiger partial charge in [0.2, 0.25) is 0 Å². The van der Waals surface area contributed by atoms with Crippen LogP contribution in [0.25, 0.3) is 0 Å². The molecular weight excluding hydrogens is 475 g/mol. The molecule has 1 N–H and O–H groups in total. The third-order valence-corrected chi connectivity index (χ3v) is 4.08. The van der Waals surface area contributed by atoms with Gasteiger partial charge in [-0.3, -0.25) is 4.79 Å². The van der Waals surface area contributed by atoms with E-state index in [9.17, 15) is 18.4 Å². The highest BCUT2D eigenvalue weighted by Gasteiger charge is 2.16. The van der Waals surface area contributed by atoms with Crippen molar-refractivity contribution in [1.29, 1.82) is 0 Å². The average molecular weight is 491 g/mol. The van der Waals surface area contributed by atoms with Crippen molar-refractivity contribution < 1.29 is 32.6 Å². The van der Waals surface area contributed by atoms with Crippen LogP contribution < -0.4 is 14.8 Å². The van der Waals surface area contributed by atoms with Crippen molar-refractivity contribution in [2.75, 3.05) is 19.0 Å². The third kappa shape index (κ3) is 6.05. The largest absolute Gasteiger partial charge is 0.493 e. The number of carbonyl (C=O) groups is 2. The molecule has 1 amide bonds. The Morgan fingerprint density at radius 1 is 1.15 bits per heavy atom. The molecule has 2 rings (SSSR count). The van der Waals surface area contributed by atoms with E-state index >= 15 is 0 Å². The number of nitrogens with one attached hydrogen (secondary N) is 1. The zero-order valence-electron chi connectivity index (χ0n) is 14.4. The van der Waals surface area contributed by atoms with Crippen molar-refractivity contribution in [3.05, 3.63) is 51.1 Å². The van der Waals surface area contributed by atoms with Crippen LogP contribution in [0.2, 0.25) is 0 Å². The topological polar surface area (TPSA) is 73.9 Å². The maximum absolute atomic E-state index is 12.3. The minimum Gasteiger partial charge on any atom is -0.493 e. The first-order chi connectivity index (χ1) is 12.8. The van der Waals surface area contributed by atoms with E-state index in [1.54, 1.807) is 6.07 Å². The van der Waals surface area contributed by atoms with Gasteiger partial charge in [0.15, 0.2) is 18.1 Å². The minimum absolute atomic E-state index is 0.0340. The molecule has 0 bridgehead atoms. The lowest BCUT2D eigenvalue weighted by Gasteiger charge is -2.12. The van der Waals surface area contributed by atoms with Gasteiger partial charge in [-0.2, -0.15) is 8.78 Å². The smallest absolute Gasteiger partial charge is 0.387 e. The second kappa shape index (κ2) is 9.49. The van der Waals surface area contributed by atoms with Gasteiger partial charge in [-0.15, -0.1) is 0 Å². The number of hydrogen-bond acceptors (Lipinski definition) is 5. The van der Waals surface area contributed by atoms with Crippen molar-refractivity contribution in [2.45, 2.75) is 13.5 Å². The van der Waals surface area contributed by atoms with E-state index in [1.165, 1.54) is 19.2 Å². The molecule has 144 valence electrons. The number of rotatable bonds is 7. The Kier molecular flexibility index (Phi) is 7.34. The first kappa shape index (κ1) is 20.9. The number of ether oxygens (including phenoxy) is 3. The van der Waals surface area contributed by atoms with E-state index in [4.69, 9.17) is 9.47 Å². The number of aryl methyl sites for hydroxylation is 1. The molecule has 0 saturated carbocycles. The summed E-state index contributed by atoms with van der Waals surface area (Å²) < 4.78 is 39.8. The van der Waals surface area contributed by atoms with Crippen LogP contribution in [0.5, 0.6) is 11.5 Å². The number of carbonyl (C=O) groups excluding carboxylic acids is 2. The molecule has 0 spiro atoms. The minimum atomic E-state index is -3.02. The third-order valence-electron chi connectivity index (χ3n) is 3.41. The molecule has 0 saturated heterocycles. The number of amides is 1. The van der Waals surface area contributed by atoms with Gasteiger partial charge in [-0.05, 0) is 71.5 Å². The maximum Gasteiger partial charge on any atom is 0.387 e. The first-order valence-corrected chi connectivity index (χ1v) is 8.74. The highest BCUT2D eigenvalue weighted by atomic mass is 127. The van der Waals surface area contributed by atoms with Crippen LogP contribution in [0.1, 0.15) is 15.9 Å². The Bertz CT molecular complexity index is 844. The van der Waals surface area contributed by atoms with Crippen LogP contribution in [0, 0.1) is 10.5 Å². The molecule has 0 aromatic heterocycles. The maximum atomic E-state index is 12.3. The molecule has 0 aliphatic heterocycles. The summed E-state index contributed by atoms with van der Waals surface area (Å²) in [4.78, 5) is 24.0. The van der Waals surface area contributed by atoms with Crippen LogP contribution in [-0.4, -0.2) is 32.2 Å².